The standard InChI is InChI=1S/C17H16N2O/c1-20-17-12-15(13-18)9-10-16(17)19-11-5-8-14-6-3-2-4-7-14/h2-10,12,19H,11H2,1H3/b8-5+. The lowest BCUT2D eigenvalue weighted by Gasteiger charge is -2.09. The molecule has 1 N–H and O–H groups in total. The number of hydrogen-bond donors (Lipinski definition) is 1. The van der Waals surface area contributed by atoms with Crippen LogP contribution in [0.2, 0.25) is 0 Å². The molecule has 0 atom stereocenters. The summed E-state index contributed by atoms with van der Waals surface area (Å²) >= 11 is 0. The molecule has 0 aliphatic heterocycles. The van der Waals surface area contributed by atoms with E-state index in [-0.39, 0.29) is 0 Å². The number of nitrogens with zero attached hydrogens (tertiary/aromatic N) is 1. The minimum Gasteiger partial charge on any atom is -0.495 e. The average Bonchev–Trinajstić information content (AvgIpc) is 2.52. The average molecular weight is 264 g/mol. The molecule has 0 radical (unpaired) electrons. The van der Waals surface area contributed by atoms with Crippen molar-refractivity contribution in [2.24, 2.45) is 0 Å². The van der Waals surface area contributed by atoms with Gasteiger partial charge in [0.25, 0.3) is 0 Å². The summed E-state index contributed by atoms with van der Waals surface area (Å²) in [5.41, 5.74) is 2.64. The summed E-state index contributed by atoms with van der Waals surface area (Å²) in [5, 5.41) is 12.1. The number of benzene rings is 2. The second kappa shape index (κ2) is 7.01. The van der Waals surface area contributed by atoms with Crippen LogP contribution >= 0.6 is 0 Å². The summed E-state index contributed by atoms with van der Waals surface area (Å²) in [6.07, 6.45) is 4.11. The predicted molar refractivity (Wildman–Crippen MR) is 81.7 cm³/mol. The molecule has 2 rings (SSSR count). The van der Waals surface area contributed by atoms with Crippen molar-refractivity contribution >= 4 is 11.8 Å². The summed E-state index contributed by atoms with van der Waals surface area (Å²) < 4.78 is 5.27. The van der Waals surface area contributed by atoms with E-state index in [0.29, 0.717) is 17.9 Å². The largest absolute Gasteiger partial charge is 0.495 e. The highest BCUT2D eigenvalue weighted by Crippen LogP contribution is 2.25. The molecule has 0 bridgehead atoms. The minimum atomic E-state index is 0.590. The number of ether oxygens (including phenoxy) is 1. The van der Waals surface area contributed by atoms with E-state index in [1.807, 2.05) is 30.3 Å². The molecule has 100 valence electrons. The molecule has 0 aliphatic carbocycles. The lowest BCUT2D eigenvalue weighted by Crippen LogP contribution is -2.00. The Bertz CT molecular complexity index is 627. The molecule has 0 spiro atoms. The molecule has 0 aromatic heterocycles. The monoisotopic (exact) mass is 264 g/mol. The highest BCUT2D eigenvalue weighted by Gasteiger charge is 2.02. The molecule has 0 amide bonds. The van der Waals surface area contributed by atoms with Gasteiger partial charge in [0.1, 0.15) is 5.75 Å². The van der Waals surface area contributed by atoms with E-state index in [0.717, 1.165) is 5.69 Å². The van der Waals surface area contributed by atoms with Crippen molar-refractivity contribution in [2.45, 2.75) is 0 Å². The Morgan fingerprint density at radius 3 is 2.70 bits per heavy atom. The SMILES string of the molecule is COc1cc(C#N)ccc1NC/C=C/c1ccccc1. The summed E-state index contributed by atoms with van der Waals surface area (Å²) in [7, 11) is 1.60. The number of hydrogen-bond acceptors (Lipinski definition) is 3. The molecule has 20 heavy (non-hydrogen) atoms. The first-order valence-corrected chi connectivity index (χ1v) is 6.37. The maximum absolute atomic E-state index is 8.85. The number of rotatable bonds is 5. The van der Waals surface area contributed by atoms with Crippen molar-refractivity contribution in [3.05, 3.63) is 65.7 Å². The smallest absolute Gasteiger partial charge is 0.143 e. The van der Waals surface area contributed by atoms with Gasteiger partial charge in [-0.2, -0.15) is 5.26 Å². The quantitative estimate of drug-likeness (QED) is 0.895. The van der Waals surface area contributed by atoms with Crippen molar-refractivity contribution in [3.8, 4) is 11.8 Å². The van der Waals surface area contributed by atoms with Gasteiger partial charge in [0, 0.05) is 12.6 Å². The van der Waals surface area contributed by atoms with Crippen LogP contribution in [0.1, 0.15) is 11.1 Å². The minimum absolute atomic E-state index is 0.590. The van der Waals surface area contributed by atoms with Crippen LogP contribution in [0.3, 0.4) is 0 Å². The van der Waals surface area contributed by atoms with Crippen molar-refractivity contribution in [2.75, 3.05) is 19.0 Å². The maximum atomic E-state index is 8.85. The van der Waals surface area contributed by atoms with Crippen LogP contribution in [0.5, 0.6) is 5.75 Å². The normalized spacial score (nSPS) is 10.2. The third-order valence-corrected chi connectivity index (χ3v) is 2.85. The highest BCUT2D eigenvalue weighted by atomic mass is 16.5. The topological polar surface area (TPSA) is 45.0 Å². The molecule has 2 aromatic rings. The second-order valence-electron chi connectivity index (χ2n) is 4.22. The fourth-order valence-corrected chi connectivity index (χ4v) is 1.83. The van der Waals surface area contributed by atoms with Crippen LogP contribution in [-0.2, 0) is 0 Å². The van der Waals surface area contributed by atoms with Gasteiger partial charge >= 0.3 is 0 Å². The van der Waals surface area contributed by atoms with E-state index in [1.165, 1.54) is 5.56 Å². The Kier molecular flexibility index (Phi) is 4.80. The third-order valence-electron chi connectivity index (χ3n) is 2.85. The fraction of sp³-hybridized carbons (Fsp3) is 0.118. The Balaban J connectivity index is 1.98. The molecule has 0 saturated carbocycles. The number of anilines is 1. The van der Waals surface area contributed by atoms with Crippen molar-refractivity contribution in [1.82, 2.24) is 0 Å². The van der Waals surface area contributed by atoms with Crippen LogP contribution in [0, 0.1) is 11.3 Å². The van der Waals surface area contributed by atoms with Crippen molar-refractivity contribution in [3.63, 3.8) is 0 Å². The molecule has 0 aliphatic rings. The van der Waals surface area contributed by atoms with Crippen LogP contribution in [-0.4, -0.2) is 13.7 Å². The Morgan fingerprint density at radius 1 is 1.20 bits per heavy atom. The zero-order chi connectivity index (χ0) is 14.2. The predicted octanol–water partition coefficient (Wildman–Crippen LogP) is 3.69. The van der Waals surface area contributed by atoms with E-state index in [1.54, 1.807) is 19.2 Å². The Morgan fingerprint density at radius 2 is 2.00 bits per heavy atom. The first-order chi connectivity index (χ1) is 9.83. The lowest BCUT2D eigenvalue weighted by atomic mass is 10.2. The summed E-state index contributed by atoms with van der Waals surface area (Å²) in [6.45, 7) is 0.692. The zero-order valence-electron chi connectivity index (χ0n) is 11.3. The van der Waals surface area contributed by atoms with Gasteiger partial charge in [-0.1, -0.05) is 42.5 Å². The van der Waals surface area contributed by atoms with Gasteiger partial charge in [0.15, 0.2) is 0 Å². The first kappa shape index (κ1) is 13.7. The van der Waals surface area contributed by atoms with Gasteiger partial charge in [-0.3, -0.25) is 0 Å². The molecule has 0 unspecified atom stereocenters. The van der Waals surface area contributed by atoms with E-state index < -0.39 is 0 Å². The molecule has 0 fully saturated rings. The van der Waals surface area contributed by atoms with Crippen molar-refractivity contribution < 1.29 is 4.74 Å². The lowest BCUT2D eigenvalue weighted by molar-refractivity contribution is 0.416. The molecule has 2 aromatic carbocycles. The fourth-order valence-electron chi connectivity index (χ4n) is 1.83. The van der Waals surface area contributed by atoms with Gasteiger partial charge in [0.2, 0.25) is 0 Å². The molecule has 3 heteroatoms. The molecular formula is C17H16N2O. The highest BCUT2D eigenvalue weighted by molar-refractivity contribution is 5.60. The molecular weight excluding hydrogens is 248 g/mol. The second-order valence-corrected chi connectivity index (χ2v) is 4.22. The first-order valence-electron chi connectivity index (χ1n) is 6.37. The van der Waals surface area contributed by atoms with E-state index in [9.17, 15) is 0 Å². The van der Waals surface area contributed by atoms with Crippen molar-refractivity contribution in [1.29, 1.82) is 5.26 Å². The summed E-state index contributed by atoms with van der Waals surface area (Å²) in [5.74, 6) is 0.678. The van der Waals surface area contributed by atoms with Gasteiger partial charge in [-0.15, -0.1) is 0 Å². The van der Waals surface area contributed by atoms with Crippen LogP contribution in [0.25, 0.3) is 6.08 Å². The van der Waals surface area contributed by atoms with Gasteiger partial charge in [0.05, 0.1) is 24.4 Å². The summed E-state index contributed by atoms with van der Waals surface area (Å²) in [6, 6.07) is 17.6. The summed E-state index contributed by atoms with van der Waals surface area (Å²) in [4.78, 5) is 0. The van der Waals surface area contributed by atoms with Crippen LogP contribution in [0.15, 0.2) is 54.6 Å². The Hall–Kier alpha value is -2.73. The Labute approximate surface area is 119 Å². The molecule has 0 heterocycles. The van der Waals surface area contributed by atoms with E-state index in [4.69, 9.17) is 10.00 Å². The van der Waals surface area contributed by atoms with Gasteiger partial charge in [-0.25, -0.2) is 0 Å². The molecule has 0 saturated heterocycles. The zero-order valence-corrected chi connectivity index (χ0v) is 11.3. The van der Waals surface area contributed by atoms with Crippen LogP contribution < -0.4 is 10.1 Å². The van der Waals surface area contributed by atoms with E-state index >= 15 is 0 Å². The van der Waals surface area contributed by atoms with Gasteiger partial charge in [-0.05, 0) is 17.7 Å². The van der Waals surface area contributed by atoms with Gasteiger partial charge < -0.3 is 10.1 Å². The molecule has 3 nitrogen and oxygen atoms in total. The number of nitriles is 1. The maximum Gasteiger partial charge on any atom is 0.143 e. The third kappa shape index (κ3) is 3.63. The van der Waals surface area contributed by atoms with Crippen LogP contribution in [0.4, 0.5) is 5.69 Å². The van der Waals surface area contributed by atoms with E-state index in [2.05, 4.69) is 29.6 Å². The number of nitrogens with one attached hydrogen (secondary N) is 1. The number of methoxy groups -OCH3 is 1.